The average Bonchev–Trinajstić information content (AvgIpc) is 3.61. The summed E-state index contributed by atoms with van der Waals surface area (Å²) in [6.07, 6.45) is 0.821. The van der Waals surface area contributed by atoms with Crippen LogP contribution < -0.4 is 0 Å². The van der Waals surface area contributed by atoms with Gasteiger partial charge < -0.3 is 18.9 Å². The van der Waals surface area contributed by atoms with Crippen molar-refractivity contribution in [1.29, 1.82) is 0 Å². The molecule has 1 heterocycles. The van der Waals surface area contributed by atoms with Crippen molar-refractivity contribution in [2.45, 2.75) is 24.7 Å². The van der Waals surface area contributed by atoms with Gasteiger partial charge in [0.1, 0.15) is 18.3 Å². The molecule has 2 aromatic carbocycles. The minimum absolute atomic E-state index is 0.145. The van der Waals surface area contributed by atoms with E-state index in [4.69, 9.17) is 18.9 Å². The van der Waals surface area contributed by atoms with Crippen molar-refractivity contribution in [2.75, 3.05) is 19.8 Å². The van der Waals surface area contributed by atoms with Crippen LogP contribution in [0.3, 0.4) is 0 Å². The summed E-state index contributed by atoms with van der Waals surface area (Å²) < 4.78 is 22.0. The first-order chi connectivity index (χ1) is 14.2. The van der Waals surface area contributed by atoms with E-state index in [1.165, 1.54) is 0 Å². The first kappa shape index (κ1) is 20.8. The van der Waals surface area contributed by atoms with E-state index in [-0.39, 0.29) is 18.7 Å². The maximum Gasteiger partial charge on any atom is 0.338 e. The average molecular weight is 396 g/mol. The highest BCUT2D eigenvalue weighted by atomic mass is 16.6. The fourth-order valence-corrected chi connectivity index (χ4v) is 2.77. The molecule has 1 saturated heterocycles. The maximum atomic E-state index is 12.3. The summed E-state index contributed by atoms with van der Waals surface area (Å²) in [7, 11) is 0. The van der Waals surface area contributed by atoms with Gasteiger partial charge in [0.2, 0.25) is 0 Å². The summed E-state index contributed by atoms with van der Waals surface area (Å²) in [5, 5.41) is 0. The highest BCUT2D eigenvalue weighted by Gasteiger charge is 2.40. The third kappa shape index (κ3) is 6.27. The third-order valence-electron chi connectivity index (χ3n) is 4.38. The van der Waals surface area contributed by atoms with Crippen LogP contribution in [0.25, 0.3) is 0 Å². The molecule has 0 spiro atoms. The molecule has 3 atom stereocenters. The Hall–Kier alpha value is -2.96. The zero-order valence-corrected chi connectivity index (χ0v) is 16.1. The van der Waals surface area contributed by atoms with E-state index in [0.717, 1.165) is 0 Å². The number of epoxide rings is 1. The van der Waals surface area contributed by atoms with E-state index < -0.39 is 18.2 Å². The summed E-state index contributed by atoms with van der Waals surface area (Å²) in [6.45, 7) is 4.86. The first-order valence-corrected chi connectivity index (χ1v) is 9.53. The molecule has 6 heteroatoms. The zero-order valence-electron chi connectivity index (χ0n) is 16.1. The quantitative estimate of drug-likeness (QED) is 0.251. The Morgan fingerprint density at radius 3 is 2.14 bits per heavy atom. The topological polar surface area (TPSA) is 74.4 Å². The highest BCUT2D eigenvalue weighted by molar-refractivity contribution is 5.89. The minimum Gasteiger partial charge on any atom is -0.462 e. The van der Waals surface area contributed by atoms with E-state index in [1.54, 1.807) is 54.6 Å². The van der Waals surface area contributed by atoms with Crippen LogP contribution >= 0.6 is 0 Å². The molecule has 0 aliphatic carbocycles. The number of ether oxygens (including phenoxy) is 4. The molecule has 1 aliphatic rings. The molecule has 0 N–H and O–H groups in total. The predicted molar refractivity (Wildman–Crippen MR) is 107 cm³/mol. The number of esters is 2. The number of hydrogen-bond acceptors (Lipinski definition) is 6. The van der Waals surface area contributed by atoms with Crippen LogP contribution in [0.15, 0.2) is 73.3 Å². The van der Waals surface area contributed by atoms with E-state index in [1.807, 2.05) is 12.1 Å². The molecular formula is C23H24O6. The van der Waals surface area contributed by atoms with Gasteiger partial charge >= 0.3 is 11.9 Å². The molecule has 0 aromatic heterocycles. The van der Waals surface area contributed by atoms with Gasteiger partial charge in [0.25, 0.3) is 0 Å². The molecule has 6 nitrogen and oxygen atoms in total. The summed E-state index contributed by atoms with van der Waals surface area (Å²) in [4.78, 5) is 24.2. The SMILES string of the molecule is C=CC(OC(=O)c1ccccc1)[C@H](OCCCOC(=O)c1ccccc1)[C@H]1CO1. The second-order valence-corrected chi connectivity index (χ2v) is 6.53. The first-order valence-electron chi connectivity index (χ1n) is 9.53. The van der Waals surface area contributed by atoms with Crippen LogP contribution in [0.5, 0.6) is 0 Å². The molecule has 0 radical (unpaired) electrons. The van der Waals surface area contributed by atoms with Gasteiger partial charge in [0.15, 0.2) is 0 Å². The van der Waals surface area contributed by atoms with E-state index in [9.17, 15) is 9.59 Å². The van der Waals surface area contributed by atoms with Gasteiger partial charge in [-0.25, -0.2) is 9.59 Å². The number of carbonyl (C=O) groups excluding carboxylic acids is 2. The molecule has 0 amide bonds. The molecule has 152 valence electrons. The Balaban J connectivity index is 1.45. The largest absolute Gasteiger partial charge is 0.462 e. The molecule has 1 fully saturated rings. The van der Waals surface area contributed by atoms with Gasteiger partial charge in [-0.15, -0.1) is 0 Å². The van der Waals surface area contributed by atoms with Crippen molar-refractivity contribution in [3.63, 3.8) is 0 Å². The fourth-order valence-electron chi connectivity index (χ4n) is 2.77. The standard InChI is InChI=1S/C23H24O6/c1-2-19(29-23(25)18-12-7-4-8-13-18)21(20-16-28-20)26-14-9-15-27-22(24)17-10-5-3-6-11-17/h2-8,10-13,19-21H,1,9,14-16H2/t19?,20-,21+/m1/s1. The van der Waals surface area contributed by atoms with Crippen molar-refractivity contribution in [1.82, 2.24) is 0 Å². The monoisotopic (exact) mass is 396 g/mol. The number of hydrogen-bond donors (Lipinski definition) is 0. The maximum absolute atomic E-state index is 12.3. The third-order valence-corrected chi connectivity index (χ3v) is 4.38. The van der Waals surface area contributed by atoms with Gasteiger partial charge in [-0.1, -0.05) is 43.0 Å². The second-order valence-electron chi connectivity index (χ2n) is 6.53. The van der Waals surface area contributed by atoms with Gasteiger partial charge in [0.05, 0.1) is 30.9 Å². The molecule has 29 heavy (non-hydrogen) atoms. The summed E-state index contributed by atoms with van der Waals surface area (Å²) in [5.41, 5.74) is 0.972. The lowest BCUT2D eigenvalue weighted by molar-refractivity contribution is -0.0495. The van der Waals surface area contributed by atoms with Crippen LogP contribution in [-0.2, 0) is 18.9 Å². The molecule has 0 bridgehead atoms. The Kier molecular flexibility index (Phi) is 7.55. The smallest absolute Gasteiger partial charge is 0.338 e. The van der Waals surface area contributed by atoms with E-state index in [2.05, 4.69) is 6.58 Å². The van der Waals surface area contributed by atoms with Crippen molar-refractivity contribution < 1.29 is 28.5 Å². The lowest BCUT2D eigenvalue weighted by Crippen LogP contribution is -2.36. The molecule has 0 saturated carbocycles. The Morgan fingerprint density at radius 2 is 1.59 bits per heavy atom. The zero-order chi connectivity index (χ0) is 20.5. The summed E-state index contributed by atoms with van der Waals surface area (Å²) in [6, 6.07) is 17.6. The minimum atomic E-state index is -0.637. The van der Waals surface area contributed by atoms with Crippen LogP contribution in [0.2, 0.25) is 0 Å². The van der Waals surface area contributed by atoms with E-state index >= 15 is 0 Å². The van der Waals surface area contributed by atoms with Crippen molar-refractivity contribution in [3.8, 4) is 0 Å². The molecule has 2 aromatic rings. The van der Waals surface area contributed by atoms with Crippen molar-refractivity contribution in [3.05, 3.63) is 84.4 Å². The number of carbonyl (C=O) groups is 2. The van der Waals surface area contributed by atoms with Crippen LogP contribution in [0.1, 0.15) is 27.1 Å². The molecule has 1 unspecified atom stereocenters. The summed E-state index contributed by atoms with van der Waals surface area (Å²) in [5.74, 6) is -0.810. The fraction of sp³-hybridized carbons (Fsp3) is 0.304. The van der Waals surface area contributed by atoms with Crippen LogP contribution in [0, 0.1) is 0 Å². The molecule has 1 aliphatic heterocycles. The van der Waals surface area contributed by atoms with Gasteiger partial charge in [0, 0.05) is 6.42 Å². The molecule has 3 rings (SSSR count). The lowest BCUT2D eigenvalue weighted by atomic mass is 10.1. The predicted octanol–water partition coefficient (Wildman–Crippen LogP) is 3.43. The van der Waals surface area contributed by atoms with Crippen LogP contribution in [-0.4, -0.2) is 50.1 Å². The lowest BCUT2D eigenvalue weighted by Gasteiger charge is -2.23. The Labute approximate surface area is 170 Å². The highest BCUT2D eigenvalue weighted by Crippen LogP contribution is 2.23. The Bertz CT molecular complexity index is 801. The normalized spacial score (nSPS) is 17.0. The van der Waals surface area contributed by atoms with Crippen molar-refractivity contribution in [2.24, 2.45) is 0 Å². The van der Waals surface area contributed by atoms with Crippen molar-refractivity contribution >= 4 is 11.9 Å². The number of benzene rings is 2. The van der Waals surface area contributed by atoms with Gasteiger partial charge in [-0.3, -0.25) is 0 Å². The second kappa shape index (κ2) is 10.5. The van der Waals surface area contributed by atoms with Gasteiger partial charge in [-0.05, 0) is 30.3 Å². The number of rotatable bonds is 11. The van der Waals surface area contributed by atoms with E-state index in [0.29, 0.717) is 30.8 Å². The Morgan fingerprint density at radius 1 is 1.00 bits per heavy atom. The summed E-state index contributed by atoms with van der Waals surface area (Å²) >= 11 is 0. The van der Waals surface area contributed by atoms with Crippen LogP contribution in [0.4, 0.5) is 0 Å². The van der Waals surface area contributed by atoms with Gasteiger partial charge in [-0.2, -0.15) is 0 Å². The molecular weight excluding hydrogens is 372 g/mol.